The third-order valence-electron chi connectivity index (χ3n) is 5.67. The van der Waals surface area contributed by atoms with Gasteiger partial charge < -0.3 is 10.1 Å². The lowest BCUT2D eigenvalue weighted by molar-refractivity contribution is -0.121. The number of nitrogens with one attached hydrogen (secondary N) is 1. The molecule has 0 aromatic heterocycles. The topological polar surface area (TPSA) is 38.3 Å². The van der Waals surface area contributed by atoms with Crippen molar-refractivity contribution in [2.45, 2.75) is 64.4 Å². The molecule has 2 aromatic rings. The SMILES string of the molecule is CCC(C)Oc1ccc(NC(=O)C2(c3ccc(Cl)cc3Cl)CCCC2)cc1C. The number of hydrogen-bond acceptors (Lipinski definition) is 2. The fourth-order valence-electron chi connectivity index (χ4n) is 3.89. The van der Waals surface area contributed by atoms with Gasteiger partial charge in [-0.2, -0.15) is 0 Å². The number of ether oxygens (including phenoxy) is 1. The molecule has 1 atom stereocenters. The summed E-state index contributed by atoms with van der Waals surface area (Å²) in [7, 11) is 0. The maximum Gasteiger partial charge on any atom is 0.235 e. The van der Waals surface area contributed by atoms with Crippen LogP contribution in [0.1, 0.15) is 57.1 Å². The predicted octanol–water partition coefficient (Wildman–Crippen LogP) is 6.93. The van der Waals surface area contributed by atoms with Gasteiger partial charge in [-0.15, -0.1) is 0 Å². The smallest absolute Gasteiger partial charge is 0.235 e. The Morgan fingerprint density at radius 2 is 1.89 bits per heavy atom. The minimum absolute atomic E-state index is 0.00998. The summed E-state index contributed by atoms with van der Waals surface area (Å²) >= 11 is 12.5. The standard InChI is InChI=1S/C23H27Cl2NO2/c1-4-16(3)28-21-10-8-18(13-15(21)2)26-22(27)23(11-5-6-12-23)19-9-7-17(24)14-20(19)25/h7-10,13-14,16H,4-6,11-12H2,1-3H3,(H,26,27). The number of hydrogen-bond donors (Lipinski definition) is 1. The highest BCUT2D eigenvalue weighted by Crippen LogP contribution is 2.45. The zero-order valence-electron chi connectivity index (χ0n) is 16.6. The minimum Gasteiger partial charge on any atom is -0.490 e. The summed E-state index contributed by atoms with van der Waals surface area (Å²) in [6.45, 7) is 6.14. The van der Waals surface area contributed by atoms with Gasteiger partial charge in [-0.25, -0.2) is 0 Å². The summed E-state index contributed by atoms with van der Waals surface area (Å²) in [6.07, 6.45) is 4.69. The number of carbonyl (C=O) groups excluding carboxylic acids is 1. The van der Waals surface area contributed by atoms with Crippen molar-refractivity contribution in [2.75, 3.05) is 5.32 Å². The summed E-state index contributed by atoms with van der Waals surface area (Å²) < 4.78 is 5.93. The zero-order valence-corrected chi connectivity index (χ0v) is 18.2. The molecule has 1 unspecified atom stereocenters. The van der Waals surface area contributed by atoms with E-state index in [-0.39, 0.29) is 12.0 Å². The number of benzene rings is 2. The van der Waals surface area contributed by atoms with Crippen molar-refractivity contribution in [3.8, 4) is 5.75 Å². The lowest BCUT2D eigenvalue weighted by Gasteiger charge is -2.29. The number of rotatable bonds is 6. The Hall–Kier alpha value is -1.71. The largest absolute Gasteiger partial charge is 0.490 e. The first-order valence-corrected chi connectivity index (χ1v) is 10.7. The second kappa shape index (κ2) is 8.75. The van der Waals surface area contributed by atoms with E-state index in [0.717, 1.165) is 54.7 Å². The molecule has 1 N–H and O–H groups in total. The van der Waals surface area contributed by atoms with Crippen LogP contribution in [0.25, 0.3) is 0 Å². The van der Waals surface area contributed by atoms with Crippen LogP contribution in [0.3, 0.4) is 0 Å². The van der Waals surface area contributed by atoms with E-state index in [2.05, 4.69) is 19.2 Å². The van der Waals surface area contributed by atoms with Crippen LogP contribution >= 0.6 is 23.2 Å². The fourth-order valence-corrected chi connectivity index (χ4v) is 4.47. The predicted molar refractivity (Wildman–Crippen MR) is 117 cm³/mol. The molecule has 1 amide bonds. The maximum absolute atomic E-state index is 13.4. The van der Waals surface area contributed by atoms with Gasteiger partial charge in [0, 0.05) is 15.7 Å². The van der Waals surface area contributed by atoms with E-state index < -0.39 is 5.41 Å². The highest BCUT2D eigenvalue weighted by atomic mass is 35.5. The zero-order chi connectivity index (χ0) is 20.3. The van der Waals surface area contributed by atoms with Crippen molar-refractivity contribution < 1.29 is 9.53 Å². The van der Waals surface area contributed by atoms with Crippen LogP contribution in [0, 0.1) is 6.92 Å². The van der Waals surface area contributed by atoms with Gasteiger partial charge in [0.1, 0.15) is 5.75 Å². The highest BCUT2D eigenvalue weighted by molar-refractivity contribution is 6.35. The lowest BCUT2D eigenvalue weighted by atomic mass is 9.78. The molecule has 150 valence electrons. The molecule has 0 spiro atoms. The molecule has 0 radical (unpaired) electrons. The van der Waals surface area contributed by atoms with E-state index in [1.54, 1.807) is 12.1 Å². The molecule has 0 bridgehead atoms. The summed E-state index contributed by atoms with van der Waals surface area (Å²) in [6, 6.07) is 11.2. The Balaban J connectivity index is 1.85. The van der Waals surface area contributed by atoms with Crippen molar-refractivity contribution in [1.29, 1.82) is 0 Å². The van der Waals surface area contributed by atoms with Crippen molar-refractivity contribution in [3.05, 3.63) is 57.6 Å². The monoisotopic (exact) mass is 419 g/mol. The van der Waals surface area contributed by atoms with Gasteiger partial charge in [0.25, 0.3) is 0 Å². The van der Waals surface area contributed by atoms with E-state index in [1.165, 1.54) is 0 Å². The molecule has 5 heteroatoms. The molecule has 3 nitrogen and oxygen atoms in total. The van der Waals surface area contributed by atoms with Crippen LogP contribution in [0.15, 0.2) is 36.4 Å². The van der Waals surface area contributed by atoms with E-state index in [9.17, 15) is 4.79 Å². The fraction of sp³-hybridized carbons (Fsp3) is 0.435. The van der Waals surface area contributed by atoms with Crippen LogP contribution < -0.4 is 10.1 Å². The van der Waals surface area contributed by atoms with Gasteiger partial charge in [-0.3, -0.25) is 4.79 Å². The Kier molecular flexibility index (Phi) is 6.57. The van der Waals surface area contributed by atoms with Crippen LogP contribution in [-0.4, -0.2) is 12.0 Å². The molecular weight excluding hydrogens is 393 g/mol. The van der Waals surface area contributed by atoms with Gasteiger partial charge in [0.05, 0.1) is 11.5 Å². The molecule has 28 heavy (non-hydrogen) atoms. The van der Waals surface area contributed by atoms with Gasteiger partial charge in [0.2, 0.25) is 5.91 Å². The molecule has 1 fully saturated rings. The first kappa shape index (κ1) is 21.0. The second-order valence-corrected chi connectivity index (χ2v) is 8.53. The molecule has 1 aliphatic carbocycles. The number of carbonyl (C=O) groups is 1. The Morgan fingerprint density at radius 3 is 2.50 bits per heavy atom. The molecule has 0 saturated heterocycles. The van der Waals surface area contributed by atoms with E-state index in [1.807, 2.05) is 31.2 Å². The van der Waals surface area contributed by atoms with Crippen LogP contribution in [0.2, 0.25) is 10.0 Å². The molecular formula is C23H27Cl2NO2. The van der Waals surface area contributed by atoms with Gasteiger partial charge in [0.15, 0.2) is 0 Å². The third-order valence-corrected chi connectivity index (χ3v) is 6.22. The molecule has 3 rings (SSSR count). The Bertz CT molecular complexity index is 860. The summed E-state index contributed by atoms with van der Waals surface area (Å²) in [5.41, 5.74) is 2.03. The quantitative estimate of drug-likeness (QED) is 0.550. The molecule has 0 heterocycles. The maximum atomic E-state index is 13.4. The average molecular weight is 420 g/mol. The van der Waals surface area contributed by atoms with E-state index in [4.69, 9.17) is 27.9 Å². The molecule has 1 aliphatic rings. The number of aryl methyl sites for hydroxylation is 1. The van der Waals surface area contributed by atoms with E-state index >= 15 is 0 Å². The number of halogens is 2. The first-order valence-electron chi connectivity index (χ1n) is 9.90. The van der Waals surface area contributed by atoms with Crippen LogP contribution in [0.4, 0.5) is 5.69 Å². The summed E-state index contributed by atoms with van der Waals surface area (Å²) in [5, 5.41) is 4.25. The van der Waals surface area contributed by atoms with Crippen LogP contribution in [0.5, 0.6) is 5.75 Å². The number of amides is 1. The average Bonchev–Trinajstić information content (AvgIpc) is 3.14. The van der Waals surface area contributed by atoms with E-state index in [0.29, 0.717) is 10.0 Å². The van der Waals surface area contributed by atoms with Crippen molar-refractivity contribution in [1.82, 2.24) is 0 Å². The Labute approximate surface area is 177 Å². The van der Waals surface area contributed by atoms with Gasteiger partial charge >= 0.3 is 0 Å². The summed E-state index contributed by atoms with van der Waals surface area (Å²) in [4.78, 5) is 13.4. The van der Waals surface area contributed by atoms with Crippen LogP contribution in [-0.2, 0) is 10.2 Å². The third kappa shape index (κ3) is 4.31. The van der Waals surface area contributed by atoms with Crippen molar-refractivity contribution in [3.63, 3.8) is 0 Å². The van der Waals surface area contributed by atoms with Crippen molar-refractivity contribution >= 4 is 34.8 Å². The number of anilines is 1. The normalized spacial score (nSPS) is 16.6. The highest BCUT2D eigenvalue weighted by Gasteiger charge is 2.44. The van der Waals surface area contributed by atoms with Gasteiger partial charge in [-0.05, 0) is 74.6 Å². The molecule has 0 aliphatic heterocycles. The first-order chi connectivity index (χ1) is 13.4. The molecule has 1 saturated carbocycles. The lowest BCUT2D eigenvalue weighted by Crippen LogP contribution is -2.38. The second-order valence-electron chi connectivity index (χ2n) is 7.68. The minimum atomic E-state index is -0.610. The van der Waals surface area contributed by atoms with Gasteiger partial charge in [-0.1, -0.05) is 49.0 Å². The summed E-state index contributed by atoms with van der Waals surface area (Å²) in [5.74, 6) is 0.841. The molecule has 2 aromatic carbocycles. The van der Waals surface area contributed by atoms with Crippen molar-refractivity contribution in [2.24, 2.45) is 0 Å². The Morgan fingerprint density at radius 1 is 1.18 bits per heavy atom.